The lowest BCUT2D eigenvalue weighted by molar-refractivity contribution is -0.551. The van der Waals surface area contributed by atoms with E-state index in [2.05, 4.69) is 23.4 Å². The molecular weight excluding hydrogens is 148 g/mol. The Morgan fingerprint density at radius 3 is 3.08 bits per heavy atom. The van der Waals surface area contributed by atoms with Gasteiger partial charge in [0.25, 0.3) is 6.34 Å². The van der Waals surface area contributed by atoms with E-state index in [1.54, 1.807) is 0 Å². The van der Waals surface area contributed by atoms with Gasteiger partial charge in [-0.3, -0.25) is 4.58 Å². The highest BCUT2D eigenvalue weighted by Gasteiger charge is 2.35. The van der Waals surface area contributed by atoms with E-state index in [0.29, 0.717) is 12.0 Å². The molecule has 1 saturated heterocycles. The van der Waals surface area contributed by atoms with Gasteiger partial charge in [0.1, 0.15) is 0 Å². The Balaban J connectivity index is 2.14. The summed E-state index contributed by atoms with van der Waals surface area (Å²) in [4.78, 5) is 4.50. The molecule has 0 saturated carbocycles. The van der Waals surface area contributed by atoms with Gasteiger partial charge in [0.15, 0.2) is 11.8 Å². The van der Waals surface area contributed by atoms with Gasteiger partial charge in [-0.1, -0.05) is 18.8 Å². The lowest BCUT2D eigenvalue weighted by Gasteiger charge is -2.20. The third kappa shape index (κ3) is 1.19. The molecule has 0 N–H and O–H groups in total. The van der Waals surface area contributed by atoms with Gasteiger partial charge in [0, 0.05) is 5.92 Å². The van der Waals surface area contributed by atoms with Gasteiger partial charge in [0.05, 0.1) is 6.54 Å². The second kappa shape index (κ2) is 3.00. The maximum atomic E-state index is 4.50. The van der Waals surface area contributed by atoms with Crippen LogP contribution in [0.3, 0.4) is 0 Å². The zero-order chi connectivity index (χ0) is 8.55. The molecule has 12 heavy (non-hydrogen) atoms. The highest BCUT2D eigenvalue weighted by atomic mass is 15.1. The number of nitrogens with zero attached hydrogens (tertiary/aromatic N) is 2. The predicted octanol–water partition coefficient (Wildman–Crippen LogP) is 1.69. The molecule has 2 rings (SSSR count). The van der Waals surface area contributed by atoms with Crippen molar-refractivity contribution >= 4 is 12.1 Å². The SMILES string of the molecule is CC(C)C1=NC=[N+]2CCCCC12. The molecule has 2 aliphatic heterocycles. The fourth-order valence-electron chi connectivity index (χ4n) is 2.17. The smallest absolute Gasteiger partial charge is 0.254 e. The fraction of sp³-hybridized carbons (Fsp3) is 0.800. The molecule has 0 radical (unpaired) electrons. The normalized spacial score (nSPS) is 28.4. The highest BCUT2D eigenvalue weighted by Crippen LogP contribution is 2.20. The Labute approximate surface area is 74.0 Å². The molecule has 0 bridgehead atoms. The van der Waals surface area contributed by atoms with Crippen LogP contribution < -0.4 is 0 Å². The molecule has 0 spiro atoms. The van der Waals surface area contributed by atoms with Crippen LogP contribution >= 0.6 is 0 Å². The summed E-state index contributed by atoms with van der Waals surface area (Å²) in [6, 6.07) is 0.652. The first-order valence-corrected chi connectivity index (χ1v) is 4.95. The number of fused-ring (bicyclic) bond motifs is 1. The molecule has 0 amide bonds. The molecule has 0 aromatic heterocycles. The van der Waals surface area contributed by atoms with Crippen LogP contribution in [-0.4, -0.2) is 29.2 Å². The summed E-state index contributed by atoms with van der Waals surface area (Å²) in [5, 5.41) is 0. The van der Waals surface area contributed by atoms with Crippen molar-refractivity contribution in [2.24, 2.45) is 10.9 Å². The van der Waals surface area contributed by atoms with Gasteiger partial charge in [-0.15, -0.1) is 0 Å². The van der Waals surface area contributed by atoms with Gasteiger partial charge in [-0.25, -0.2) is 0 Å². The van der Waals surface area contributed by atoms with Crippen LogP contribution in [0.4, 0.5) is 0 Å². The average molecular weight is 165 g/mol. The average Bonchev–Trinajstić information content (AvgIpc) is 2.47. The summed E-state index contributed by atoms with van der Waals surface area (Å²) in [5.74, 6) is 0.620. The molecule has 66 valence electrons. The molecule has 1 fully saturated rings. The Morgan fingerprint density at radius 2 is 2.33 bits per heavy atom. The number of hydrogen-bond acceptors (Lipinski definition) is 1. The van der Waals surface area contributed by atoms with Crippen molar-refractivity contribution in [3.63, 3.8) is 0 Å². The molecular formula is C10H17N2+. The predicted molar refractivity (Wildman–Crippen MR) is 51.1 cm³/mol. The van der Waals surface area contributed by atoms with E-state index in [-0.39, 0.29) is 0 Å². The third-order valence-corrected chi connectivity index (χ3v) is 2.83. The van der Waals surface area contributed by atoms with Crippen LogP contribution in [0.25, 0.3) is 0 Å². The van der Waals surface area contributed by atoms with E-state index in [1.165, 1.54) is 31.5 Å². The molecule has 2 nitrogen and oxygen atoms in total. The zero-order valence-electron chi connectivity index (χ0n) is 7.95. The van der Waals surface area contributed by atoms with Gasteiger partial charge >= 0.3 is 0 Å². The van der Waals surface area contributed by atoms with Crippen LogP contribution in [-0.2, 0) is 0 Å². The van der Waals surface area contributed by atoms with Crippen LogP contribution in [0.2, 0.25) is 0 Å². The van der Waals surface area contributed by atoms with Gasteiger partial charge in [-0.05, 0) is 19.3 Å². The minimum atomic E-state index is 0.620. The molecule has 0 aliphatic carbocycles. The molecule has 1 atom stereocenters. The first-order chi connectivity index (χ1) is 5.79. The maximum absolute atomic E-state index is 4.50. The van der Waals surface area contributed by atoms with E-state index < -0.39 is 0 Å². The summed E-state index contributed by atoms with van der Waals surface area (Å²) in [6.45, 7) is 5.69. The Morgan fingerprint density at radius 1 is 1.50 bits per heavy atom. The monoisotopic (exact) mass is 165 g/mol. The lowest BCUT2D eigenvalue weighted by atomic mass is 9.94. The van der Waals surface area contributed by atoms with E-state index in [1.807, 2.05) is 6.34 Å². The van der Waals surface area contributed by atoms with Crippen molar-refractivity contribution in [2.45, 2.75) is 39.2 Å². The minimum absolute atomic E-state index is 0.620. The summed E-state index contributed by atoms with van der Waals surface area (Å²) < 4.78 is 2.40. The largest absolute Gasteiger partial charge is 0.282 e. The third-order valence-electron chi connectivity index (χ3n) is 2.83. The second-order valence-corrected chi connectivity index (χ2v) is 4.07. The maximum Gasteiger partial charge on any atom is 0.282 e. The van der Waals surface area contributed by atoms with Crippen molar-refractivity contribution in [1.82, 2.24) is 0 Å². The summed E-state index contributed by atoms with van der Waals surface area (Å²) in [7, 11) is 0. The van der Waals surface area contributed by atoms with Crippen molar-refractivity contribution in [3.8, 4) is 0 Å². The minimum Gasteiger partial charge on any atom is -0.254 e. The Kier molecular flexibility index (Phi) is 1.99. The van der Waals surface area contributed by atoms with Crippen molar-refractivity contribution in [3.05, 3.63) is 0 Å². The first kappa shape index (κ1) is 7.96. The topological polar surface area (TPSA) is 15.4 Å². The number of hydrogen-bond donors (Lipinski definition) is 0. The number of rotatable bonds is 1. The summed E-state index contributed by atoms with van der Waals surface area (Å²) in [6.07, 6.45) is 6.07. The van der Waals surface area contributed by atoms with E-state index in [4.69, 9.17) is 0 Å². The summed E-state index contributed by atoms with van der Waals surface area (Å²) in [5.41, 5.74) is 1.40. The molecule has 2 aliphatic rings. The van der Waals surface area contributed by atoms with E-state index in [0.717, 1.165) is 0 Å². The first-order valence-electron chi connectivity index (χ1n) is 4.95. The van der Waals surface area contributed by atoms with Crippen LogP contribution in [0.1, 0.15) is 33.1 Å². The highest BCUT2D eigenvalue weighted by molar-refractivity contribution is 5.97. The Hall–Kier alpha value is -0.660. The molecule has 1 unspecified atom stereocenters. The molecule has 0 aromatic carbocycles. The van der Waals surface area contributed by atoms with Crippen molar-refractivity contribution in [2.75, 3.05) is 6.54 Å². The van der Waals surface area contributed by atoms with Gasteiger partial charge < -0.3 is 0 Å². The fourth-order valence-corrected chi connectivity index (χ4v) is 2.17. The lowest BCUT2D eigenvalue weighted by Crippen LogP contribution is -2.36. The Bertz CT molecular complexity index is 238. The van der Waals surface area contributed by atoms with E-state index >= 15 is 0 Å². The van der Waals surface area contributed by atoms with Crippen LogP contribution in [0, 0.1) is 5.92 Å². The van der Waals surface area contributed by atoms with Gasteiger partial charge in [0.2, 0.25) is 0 Å². The second-order valence-electron chi connectivity index (χ2n) is 4.07. The number of aliphatic imine (C=N–C) groups is 1. The molecule has 0 aromatic rings. The quantitative estimate of drug-likeness (QED) is 0.525. The molecule has 2 heteroatoms. The molecule has 2 heterocycles. The standard InChI is InChI=1S/C10H17N2/c1-8(2)10-9-5-3-4-6-12(9)7-11-10/h7-9H,3-6H2,1-2H3/q+1. The van der Waals surface area contributed by atoms with Crippen molar-refractivity contribution in [1.29, 1.82) is 0 Å². The zero-order valence-corrected chi connectivity index (χ0v) is 7.95. The van der Waals surface area contributed by atoms with Crippen LogP contribution in [0.5, 0.6) is 0 Å². The van der Waals surface area contributed by atoms with Crippen LogP contribution in [0.15, 0.2) is 4.99 Å². The summed E-state index contributed by atoms with van der Waals surface area (Å²) >= 11 is 0. The van der Waals surface area contributed by atoms with Crippen molar-refractivity contribution < 1.29 is 4.58 Å². The van der Waals surface area contributed by atoms with Gasteiger partial charge in [-0.2, -0.15) is 0 Å². The number of piperidine rings is 1. The van der Waals surface area contributed by atoms with E-state index in [9.17, 15) is 0 Å².